The van der Waals surface area contributed by atoms with Crippen LogP contribution in [0.5, 0.6) is 0 Å². The molecule has 0 fully saturated rings. The topological polar surface area (TPSA) is 149 Å². The van der Waals surface area contributed by atoms with Gasteiger partial charge < -0.3 is 30.9 Å². The predicted molar refractivity (Wildman–Crippen MR) is 110 cm³/mol. The van der Waals surface area contributed by atoms with E-state index < -0.39 is 11.9 Å². The van der Waals surface area contributed by atoms with Crippen LogP contribution in [0.1, 0.15) is 24.0 Å². The molecule has 0 aliphatic carbocycles. The van der Waals surface area contributed by atoms with Gasteiger partial charge >= 0.3 is 5.97 Å². The van der Waals surface area contributed by atoms with Crippen molar-refractivity contribution in [1.82, 2.24) is 9.97 Å². The molecule has 1 aliphatic heterocycles. The summed E-state index contributed by atoms with van der Waals surface area (Å²) in [6.07, 6.45) is 1.30. The van der Waals surface area contributed by atoms with Gasteiger partial charge in [-0.2, -0.15) is 0 Å². The standard InChI is InChI=1S/C19H17N5O4S/c1-2-27-18(26)13-11(9-7-28-10-6-4-3-5-8(10)14(9)25)12-15(20)23-19(29)24-17(12)22-16(13)21/h3-7,11H,2,21H2,1H3,(H4,20,22,23,24,29). The van der Waals surface area contributed by atoms with E-state index in [4.69, 9.17) is 32.8 Å². The van der Waals surface area contributed by atoms with E-state index in [2.05, 4.69) is 15.3 Å². The van der Waals surface area contributed by atoms with Gasteiger partial charge in [-0.3, -0.25) is 4.79 Å². The average molecular weight is 411 g/mol. The fraction of sp³-hybridized carbons (Fsp3) is 0.158. The Morgan fingerprint density at radius 3 is 2.86 bits per heavy atom. The van der Waals surface area contributed by atoms with Gasteiger partial charge in [0.05, 0.1) is 29.7 Å². The fourth-order valence-corrected chi connectivity index (χ4v) is 3.62. The number of H-pyrrole nitrogens is 1. The van der Waals surface area contributed by atoms with Crippen molar-refractivity contribution in [2.75, 3.05) is 17.7 Å². The van der Waals surface area contributed by atoms with E-state index >= 15 is 0 Å². The summed E-state index contributed by atoms with van der Waals surface area (Å²) < 4.78 is 10.9. The van der Waals surface area contributed by atoms with Crippen LogP contribution in [0.4, 0.5) is 11.6 Å². The number of nitrogen functional groups attached to an aromatic ring is 1. The van der Waals surface area contributed by atoms with Crippen LogP contribution in [0.3, 0.4) is 0 Å². The maximum Gasteiger partial charge on any atom is 0.338 e. The Labute approximate surface area is 169 Å². The van der Waals surface area contributed by atoms with Crippen LogP contribution in [0.15, 0.2) is 51.1 Å². The number of carbonyl (C=O) groups is 1. The van der Waals surface area contributed by atoms with Crippen molar-refractivity contribution >= 4 is 40.8 Å². The molecule has 6 N–H and O–H groups in total. The Bertz CT molecular complexity index is 1290. The highest BCUT2D eigenvalue weighted by Crippen LogP contribution is 2.42. The van der Waals surface area contributed by atoms with Crippen LogP contribution in [0.25, 0.3) is 11.0 Å². The Balaban J connectivity index is 2.05. The number of nitrogens with zero attached hydrogens (tertiary/aromatic N) is 1. The number of rotatable bonds is 3. The van der Waals surface area contributed by atoms with Crippen molar-refractivity contribution < 1.29 is 13.9 Å². The number of aromatic nitrogens is 2. The lowest BCUT2D eigenvalue weighted by Crippen LogP contribution is -2.32. The Hall–Kier alpha value is -3.66. The quantitative estimate of drug-likeness (QED) is 0.375. The zero-order chi connectivity index (χ0) is 20.7. The number of aromatic amines is 1. The molecule has 29 heavy (non-hydrogen) atoms. The van der Waals surface area contributed by atoms with Crippen molar-refractivity contribution in [3.05, 3.63) is 68.0 Å². The van der Waals surface area contributed by atoms with Gasteiger partial charge in [-0.25, -0.2) is 9.78 Å². The van der Waals surface area contributed by atoms with E-state index in [0.29, 0.717) is 16.5 Å². The number of esters is 1. The molecular formula is C19H17N5O4S. The van der Waals surface area contributed by atoms with Crippen LogP contribution >= 0.6 is 12.2 Å². The van der Waals surface area contributed by atoms with Crippen molar-refractivity contribution in [1.29, 1.82) is 0 Å². The first kappa shape index (κ1) is 18.7. The highest BCUT2D eigenvalue weighted by atomic mass is 32.1. The summed E-state index contributed by atoms with van der Waals surface area (Å²) in [6.45, 7) is 1.80. The molecular weight excluding hydrogens is 394 g/mol. The van der Waals surface area contributed by atoms with Gasteiger partial charge in [0.15, 0.2) is 10.2 Å². The molecule has 1 aliphatic rings. The first-order valence-corrected chi connectivity index (χ1v) is 9.17. The van der Waals surface area contributed by atoms with E-state index in [0.717, 1.165) is 0 Å². The molecule has 0 saturated heterocycles. The number of carbonyl (C=O) groups excluding carboxylic acids is 1. The molecule has 9 nitrogen and oxygen atoms in total. The minimum atomic E-state index is -0.953. The van der Waals surface area contributed by atoms with Crippen LogP contribution in [-0.2, 0) is 9.53 Å². The first-order chi connectivity index (χ1) is 13.9. The molecule has 0 amide bonds. The minimum Gasteiger partial charge on any atom is -0.464 e. The average Bonchev–Trinajstić information content (AvgIpc) is 2.67. The lowest BCUT2D eigenvalue weighted by atomic mass is 9.83. The molecule has 2 aromatic heterocycles. The number of nitrogens with two attached hydrogens (primary N) is 2. The second-order valence-electron chi connectivity index (χ2n) is 6.34. The van der Waals surface area contributed by atoms with Gasteiger partial charge in [0, 0.05) is 11.1 Å². The third kappa shape index (κ3) is 3.03. The summed E-state index contributed by atoms with van der Waals surface area (Å²) in [5.74, 6) is -1.22. The Morgan fingerprint density at radius 1 is 1.34 bits per heavy atom. The third-order valence-electron chi connectivity index (χ3n) is 4.63. The number of anilines is 2. The van der Waals surface area contributed by atoms with E-state index in [-0.39, 0.29) is 45.4 Å². The molecule has 10 heteroatoms. The molecule has 0 radical (unpaired) electrons. The van der Waals surface area contributed by atoms with Crippen LogP contribution in [0, 0.1) is 4.77 Å². The van der Waals surface area contributed by atoms with Crippen LogP contribution in [0.2, 0.25) is 0 Å². The summed E-state index contributed by atoms with van der Waals surface area (Å²) in [7, 11) is 0. The normalized spacial score (nSPS) is 15.7. The molecule has 148 valence electrons. The lowest BCUT2D eigenvalue weighted by molar-refractivity contribution is -0.138. The summed E-state index contributed by atoms with van der Waals surface area (Å²) in [5.41, 5.74) is 13.0. The fourth-order valence-electron chi connectivity index (χ4n) is 3.42. The van der Waals surface area contributed by atoms with E-state index in [9.17, 15) is 9.59 Å². The van der Waals surface area contributed by atoms with Gasteiger partial charge in [-0.1, -0.05) is 12.1 Å². The highest BCUT2D eigenvalue weighted by molar-refractivity contribution is 7.71. The predicted octanol–water partition coefficient (Wildman–Crippen LogP) is 2.12. The van der Waals surface area contributed by atoms with Crippen molar-refractivity contribution in [2.45, 2.75) is 12.8 Å². The second kappa shape index (κ2) is 7.06. The molecule has 3 aromatic rings. The van der Waals surface area contributed by atoms with Crippen LogP contribution in [-0.4, -0.2) is 22.5 Å². The number of ether oxygens (including phenoxy) is 1. The number of benzene rings is 1. The molecule has 1 unspecified atom stereocenters. The Kier molecular flexibility index (Phi) is 4.55. The lowest BCUT2D eigenvalue weighted by Gasteiger charge is -2.28. The third-order valence-corrected chi connectivity index (χ3v) is 4.83. The van der Waals surface area contributed by atoms with Crippen molar-refractivity contribution in [3.63, 3.8) is 0 Å². The number of hydrogen-bond acceptors (Lipinski definition) is 9. The Morgan fingerprint density at radius 2 is 2.10 bits per heavy atom. The summed E-state index contributed by atoms with van der Waals surface area (Å²) in [6, 6.07) is 6.81. The summed E-state index contributed by atoms with van der Waals surface area (Å²) in [5, 5.41) is 3.20. The van der Waals surface area contributed by atoms with Gasteiger partial charge in [0.2, 0.25) is 0 Å². The van der Waals surface area contributed by atoms with E-state index in [1.165, 1.54) is 6.26 Å². The zero-order valence-corrected chi connectivity index (χ0v) is 16.1. The largest absolute Gasteiger partial charge is 0.464 e. The maximum absolute atomic E-state index is 13.3. The summed E-state index contributed by atoms with van der Waals surface area (Å²) >= 11 is 5.08. The van der Waals surface area contributed by atoms with Crippen molar-refractivity contribution in [2.24, 2.45) is 5.73 Å². The molecule has 0 spiro atoms. The number of fused-ring (bicyclic) bond motifs is 2. The van der Waals surface area contributed by atoms with Gasteiger partial charge in [0.25, 0.3) is 0 Å². The molecule has 4 rings (SSSR count). The van der Waals surface area contributed by atoms with Gasteiger partial charge in [-0.15, -0.1) is 0 Å². The van der Waals surface area contributed by atoms with E-state index in [1.54, 1.807) is 31.2 Å². The first-order valence-electron chi connectivity index (χ1n) is 8.76. The second-order valence-corrected chi connectivity index (χ2v) is 6.73. The molecule has 0 saturated carbocycles. The zero-order valence-electron chi connectivity index (χ0n) is 15.3. The van der Waals surface area contributed by atoms with Crippen LogP contribution < -0.4 is 22.2 Å². The van der Waals surface area contributed by atoms with Gasteiger partial charge in [-0.05, 0) is 31.3 Å². The molecule has 1 atom stereocenters. The number of nitrogens with one attached hydrogen (secondary N) is 2. The van der Waals surface area contributed by atoms with Crippen molar-refractivity contribution in [3.8, 4) is 0 Å². The number of hydrogen-bond donors (Lipinski definition) is 4. The van der Waals surface area contributed by atoms with E-state index in [1.807, 2.05) is 0 Å². The smallest absolute Gasteiger partial charge is 0.338 e. The maximum atomic E-state index is 13.3. The SMILES string of the molecule is CCOC(=O)C1=C(N)Nc2nc(=S)[nH]c(N)c2C1c1coc2ccccc2c1=O. The minimum absolute atomic E-state index is 0.000934. The summed E-state index contributed by atoms with van der Waals surface area (Å²) in [4.78, 5) is 32.9. The molecule has 1 aromatic carbocycles. The highest BCUT2D eigenvalue weighted by Gasteiger charge is 2.38. The molecule has 3 heterocycles. The molecule has 0 bridgehead atoms. The number of para-hydroxylation sites is 1. The van der Waals surface area contributed by atoms with Gasteiger partial charge in [0.1, 0.15) is 23.0 Å². The monoisotopic (exact) mass is 411 g/mol.